The van der Waals surface area contributed by atoms with Gasteiger partial charge < -0.3 is 10.1 Å². The topological polar surface area (TPSA) is 75.7 Å². The van der Waals surface area contributed by atoms with E-state index in [1.54, 1.807) is 12.1 Å². The van der Waals surface area contributed by atoms with Gasteiger partial charge >= 0.3 is 0 Å². The average molecular weight is 349 g/mol. The number of carbonyl (C=O) groups excluding carboxylic acids is 1. The van der Waals surface area contributed by atoms with E-state index in [4.69, 9.17) is 16.3 Å². The van der Waals surface area contributed by atoms with Crippen LogP contribution in [0.15, 0.2) is 18.2 Å². The van der Waals surface area contributed by atoms with Crippen molar-refractivity contribution in [2.45, 2.75) is 26.3 Å². The maximum Gasteiger partial charge on any atom is 0.240 e. The highest BCUT2D eigenvalue weighted by molar-refractivity contribution is 7.92. The molecular formula is C14H21ClN2O4S. The van der Waals surface area contributed by atoms with Gasteiger partial charge in [-0.2, -0.15) is 0 Å². The van der Waals surface area contributed by atoms with Crippen LogP contribution < -0.4 is 14.4 Å². The second kappa shape index (κ2) is 7.69. The molecule has 0 fully saturated rings. The lowest BCUT2D eigenvalue weighted by Crippen LogP contribution is -2.43. The lowest BCUT2D eigenvalue weighted by molar-refractivity contribution is -0.120. The van der Waals surface area contributed by atoms with Crippen LogP contribution in [0.3, 0.4) is 0 Å². The summed E-state index contributed by atoms with van der Waals surface area (Å²) in [4.78, 5) is 12.0. The Hall–Kier alpha value is -1.47. The molecule has 0 bridgehead atoms. The predicted molar refractivity (Wildman–Crippen MR) is 88.1 cm³/mol. The van der Waals surface area contributed by atoms with Crippen LogP contribution >= 0.6 is 11.6 Å². The minimum atomic E-state index is -3.67. The first-order chi connectivity index (χ1) is 10.2. The van der Waals surface area contributed by atoms with Gasteiger partial charge in [0.2, 0.25) is 15.9 Å². The first kappa shape index (κ1) is 18.6. The van der Waals surface area contributed by atoms with Gasteiger partial charge in [-0.25, -0.2) is 8.42 Å². The molecule has 0 aromatic heterocycles. The lowest BCUT2D eigenvalue weighted by atomic mass is 10.2. The minimum absolute atomic E-state index is 0.0323. The number of halogens is 1. The molecule has 1 aromatic carbocycles. The van der Waals surface area contributed by atoms with E-state index in [9.17, 15) is 13.2 Å². The number of ether oxygens (including phenoxy) is 1. The Morgan fingerprint density at radius 2 is 2.09 bits per heavy atom. The average Bonchev–Trinajstić information content (AvgIpc) is 2.43. The molecule has 22 heavy (non-hydrogen) atoms. The zero-order chi connectivity index (χ0) is 16.9. The fraction of sp³-hybridized carbons (Fsp3) is 0.500. The summed E-state index contributed by atoms with van der Waals surface area (Å²) in [5.74, 6) is -0.0621. The maximum absolute atomic E-state index is 12.0. The van der Waals surface area contributed by atoms with Crippen LogP contribution in [-0.2, 0) is 14.8 Å². The van der Waals surface area contributed by atoms with Crippen molar-refractivity contribution in [3.63, 3.8) is 0 Å². The number of hydrogen-bond donors (Lipinski definition) is 1. The SMILES string of the molecule is CC[C@@H](C)NC(=O)CN(c1cc(Cl)ccc1OC)S(C)(=O)=O. The molecule has 1 aromatic rings. The van der Waals surface area contributed by atoms with Crippen molar-refractivity contribution < 1.29 is 17.9 Å². The Kier molecular flexibility index (Phi) is 6.49. The van der Waals surface area contributed by atoms with Crippen LogP contribution in [0.5, 0.6) is 5.75 Å². The third-order valence-electron chi connectivity index (χ3n) is 3.12. The quantitative estimate of drug-likeness (QED) is 0.818. The molecule has 0 radical (unpaired) electrons. The van der Waals surface area contributed by atoms with E-state index in [0.717, 1.165) is 17.0 Å². The van der Waals surface area contributed by atoms with Gasteiger partial charge in [0.25, 0.3) is 0 Å². The number of rotatable bonds is 7. The number of amides is 1. The summed E-state index contributed by atoms with van der Waals surface area (Å²) in [7, 11) is -2.25. The number of methoxy groups -OCH3 is 1. The van der Waals surface area contributed by atoms with Crippen molar-refractivity contribution in [2.24, 2.45) is 0 Å². The van der Waals surface area contributed by atoms with Gasteiger partial charge in [0.15, 0.2) is 0 Å². The van der Waals surface area contributed by atoms with E-state index in [-0.39, 0.29) is 24.2 Å². The first-order valence-corrected chi connectivity index (χ1v) is 9.02. The van der Waals surface area contributed by atoms with Gasteiger partial charge in [-0.1, -0.05) is 18.5 Å². The van der Waals surface area contributed by atoms with Gasteiger partial charge in [0.05, 0.1) is 19.1 Å². The summed E-state index contributed by atoms with van der Waals surface area (Å²) in [5.41, 5.74) is 0.233. The molecule has 1 rings (SSSR count). The molecule has 1 amide bonds. The van der Waals surface area contributed by atoms with Crippen LogP contribution in [0.4, 0.5) is 5.69 Å². The fourth-order valence-electron chi connectivity index (χ4n) is 1.79. The van der Waals surface area contributed by atoms with Crippen molar-refractivity contribution in [3.05, 3.63) is 23.2 Å². The molecule has 0 saturated carbocycles. The van der Waals surface area contributed by atoms with Crippen molar-refractivity contribution >= 4 is 33.2 Å². The minimum Gasteiger partial charge on any atom is -0.495 e. The van der Waals surface area contributed by atoms with E-state index in [0.29, 0.717) is 10.8 Å². The molecule has 6 nitrogen and oxygen atoms in total. The number of nitrogens with one attached hydrogen (secondary N) is 1. The Labute approximate surface area is 136 Å². The number of sulfonamides is 1. The Morgan fingerprint density at radius 1 is 1.45 bits per heavy atom. The molecule has 0 unspecified atom stereocenters. The number of nitrogens with zero attached hydrogens (tertiary/aromatic N) is 1. The molecule has 0 aliphatic rings. The number of benzene rings is 1. The van der Waals surface area contributed by atoms with Crippen LogP contribution in [0.2, 0.25) is 5.02 Å². The van der Waals surface area contributed by atoms with Crippen LogP contribution in [0.25, 0.3) is 0 Å². The van der Waals surface area contributed by atoms with Gasteiger partial charge in [0.1, 0.15) is 12.3 Å². The van der Waals surface area contributed by atoms with E-state index in [1.165, 1.54) is 13.2 Å². The molecular weight excluding hydrogens is 328 g/mol. The van der Waals surface area contributed by atoms with Crippen LogP contribution in [0.1, 0.15) is 20.3 Å². The molecule has 8 heteroatoms. The van der Waals surface area contributed by atoms with E-state index in [2.05, 4.69) is 5.32 Å². The molecule has 0 heterocycles. The zero-order valence-electron chi connectivity index (χ0n) is 13.1. The normalized spacial score (nSPS) is 12.6. The summed E-state index contributed by atoms with van der Waals surface area (Å²) in [5, 5.41) is 3.09. The van der Waals surface area contributed by atoms with E-state index in [1.807, 2.05) is 13.8 Å². The summed E-state index contributed by atoms with van der Waals surface area (Å²) in [6, 6.07) is 4.57. The second-order valence-electron chi connectivity index (χ2n) is 4.96. The Bertz CT molecular complexity index is 634. The summed E-state index contributed by atoms with van der Waals surface area (Å²) < 4.78 is 30.2. The summed E-state index contributed by atoms with van der Waals surface area (Å²) in [6.45, 7) is 3.45. The Morgan fingerprint density at radius 3 is 2.59 bits per heavy atom. The summed E-state index contributed by atoms with van der Waals surface area (Å²) >= 11 is 5.93. The molecule has 0 aliphatic carbocycles. The highest BCUT2D eigenvalue weighted by atomic mass is 35.5. The van der Waals surface area contributed by atoms with E-state index >= 15 is 0 Å². The molecule has 1 N–H and O–H groups in total. The Balaban J connectivity index is 3.15. The largest absolute Gasteiger partial charge is 0.495 e. The van der Waals surface area contributed by atoms with Gasteiger partial charge in [-0.3, -0.25) is 9.10 Å². The predicted octanol–water partition coefficient (Wildman–Crippen LogP) is 2.03. The van der Waals surface area contributed by atoms with Gasteiger partial charge in [0, 0.05) is 11.1 Å². The monoisotopic (exact) mass is 348 g/mol. The van der Waals surface area contributed by atoms with Crippen molar-refractivity contribution in [1.82, 2.24) is 5.32 Å². The van der Waals surface area contributed by atoms with Crippen LogP contribution in [0, 0.1) is 0 Å². The fourth-order valence-corrected chi connectivity index (χ4v) is 2.81. The summed E-state index contributed by atoms with van der Waals surface area (Å²) in [6.07, 6.45) is 1.79. The smallest absolute Gasteiger partial charge is 0.240 e. The third-order valence-corrected chi connectivity index (χ3v) is 4.48. The van der Waals surface area contributed by atoms with E-state index < -0.39 is 10.0 Å². The lowest BCUT2D eigenvalue weighted by Gasteiger charge is -2.24. The standard InChI is InChI=1S/C14H21ClN2O4S/c1-5-10(2)16-14(18)9-17(22(4,19)20)12-8-11(15)6-7-13(12)21-3/h6-8,10H,5,9H2,1-4H3,(H,16,18)/t10-/m1/s1. The third kappa shape index (κ3) is 5.06. The molecule has 0 saturated heterocycles. The van der Waals surface area contributed by atoms with Gasteiger partial charge in [-0.15, -0.1) is 0 Å². The highest BCUT2D eigenvalue weighted by Gasteiger charge is 2.24. The molecule has 0 spiro atoms. The maximum atomic E-state index is 12.0. The number of anilines is 1. The highest BCUT2D eigenvalue weighted by Crippen LogP contribution is 2.32. The van der Waals surface area contributed by atoms with Crippen LogP contribution in [-0.4, -0.2) is 40.3 Å². The second-order valence-corrected chi connectivity index (χ2v) is 7.31. The van der Waals surface area contributed by atoms with Crippen molar-refractivity contribution in [3.8, 4) is 5.75 Å². The van der Waals surface area contributed by atoms with Crippen molar-refractivity contribution in [2.75, 3.05) is 24.2 Å². The molecule has 0 aliphatic heterocycles. The number of carbonyl (C=O) groups is 1. The number of hydrogen-bond acceptors (Lipinski definition) is 4. The molecule has 124 valence electrons. The van der Waals surface area contributed by atoms with Gasteiger partial charge in [-0.05, 0) is 31.5 Å². The molecule has 1 atom stereocenters. The van der Waals surface area contributed by atoms with Crippen molar-refractivity contribution in [1.29, 1.82) is 0 Å². The zero-order valence-corrected chi connectivity index (χ0v) is 14.7. The first-order valence-electron chi connectivity index (χ1n) is 6.79.